The molecule has 118 valence electrons. The molecule has 1 fully saturated rings. The Kier molecular flexibility index (Phi) is 4.57. The summed E-state index contributed by atoms with van der Waals surface area (Å²) in [5, 5.41) is 0.188. The van der Waals surface area contributed by atoms with E-state index in [0.717, 1.165) is 12.8 Å². The summed E-state index contributed by atoms with van der Waals surface area (Å²) in [6, 6.07) is 4.79. The Balaban J connectivity index is 2.23. The molecule has 4 nitrogen and oxygen atoms in total. The zero-order chi connectivity index (χ0) is 15.8. The van der Waals surface area contributed by atoms with Crippen LogP contribution in [-0.2, 0) is 10.0 Å². The van der Waals surface area contributed by atoms with Crippen LogP contribution in [0.1, 0.15) is 33.6 Å². The van der Waals surface area contributed by atoms with Crippen LogP contribution in [0, 0.1) is 11.3 Å². The molecule has 1 aliphatic heterocycles. The molecular formula is C15H23ClN2O2S. The van der Waals surface area contributed by atoms with Crippen molar-refractivity contribution >= 4 is 27.3 Å². The number of hydrogen-bond acceptors (Lipinski definition) is 3. The molecule has 2 rings (SSSR count). The lowest BCUT2D eigenvalue weighted by Crippen LogP contribution is -2.41. The van der Waals surface area contributed by atoms with Crippen molar-refractivity contribution in [3.8, 4) is 0 Å². The number of nitrogens with two attached hydrogens (primary N) is 1. The summed E-state index contributed by atoms with van der Waals surface area (Å²) < 4.78 is 27.0. The third-order valence-corrected chi connectivity index (χ3v) is 6.72. The fourth-order valence-corrected chi connectivity index (χ4v) is 4.99. The van der Waals surface area contributed by atoms with Crippen molar-refractivity contribution in [2.24, 2.45) is 11.3 Å². The minimum Gasteiger partial charge on any atom is -0.398 e. The van der Waals surface area contributed by atoms with Crippen LogP contribution in [-0.4, -0.2) is 25.8 Å². The summed E-state index contributed by atoms with van der Waals surface area (Å²) >= 11 is 6.05. The Hall–Kier alpha value is -0.780. The summed E-state index contributed by atoms with van der Waals surface area (Å²) in [7, 11) is -3.62. The van der Waals surface area contributed by atoms with Gasteiger partial charge in [-0.25, -0.2) is 8.42 Å². The minimum absolute atomic E-state index is 0.0425. The van der Waals surface area contributed by atoms with E-state index in [1.165, 1.54) is 4.31 Å². The Morgan fingerprint density at radius 2 is 1.81 bits per heavy atom. The first-order chi connectivity index (χ1) is 9.64. The number of piperidine rings is 1. The van der Waals surface area contributed by atoms with E-state index < -0.39 is 10.0 Å². The minimum atomic E-state index is -3.62. The van der Waals surface area contributed by atoms with Crippen LogP contribution < -0.4 is 5.73 Å². The molecule has 0 bridgehead atoms. The summed E-state index contributed by atoms with van der Waals surface area (Å²) in [5.74, 6) is 0.535. The van der Waals surface area contributed by atoms with Gasteiger partial charge in [0.15, 0.2) is 0 Å². The zero-order valence-electron chi connectivity index (χ0n) is 12.8. The van der Waals surface area contributed by atoms with Crippen LogP contribution in [0.3, 0.4) is 0 Å². The molecule has 0 spiro atoms. The van der Waals surface area contributed by atoms with Crippen molar-refractivity contribution in [3.63, 3.8) is 0 Å². The van der Waals surface area contributed by atoms with Crippen molar-refractivity contribution in [3.05, 3.63) is 23.2 Å². The number of hydrogen-bond donors (Lipinski definition) is 1. The predicted molar refractivity (Wildman–Crippen MR) is 86.8 cm³/mol. The third-order valence-electron chi connectivity index (χ3n) is 4.27. The molecule has 0 radical (unpaired) electrons. The van der Waals surface area contributed by atoms with E-state index in [0.29, 0.717) is 19.0 Å². The van der Waals surface area contributed by atoms with Crippen molar-refractivity contribution < 1.29 is 8.42 Å². The van der Waals surface area contributed by atoms with Crippen LogP contribution in [0.4, 0.5) is 5.69 Å². The van der Waals surface area contributed by atoms with Gasteiger partial charge >= 0.3 is 0 Å². The van der Waals surface area contributed by atoms with E-state index in [9.17, 15) is 8.42 Å². The van der Waals surface area contributed by atoms with E-state index in [1.54, 1.807) is 18.2 Å². The smallest absolute Gasteiger partial charge is 0.246 e. The highest BCUT2D eigenvalue weighted by molar-refractivity contribution is 7.89. The van der Waals surface area contributed by atoms with Gasteiger partial charge in [-0.3, -0.25) is 0 Å². The lowest BCUT2D eigenvalue weighted by molar-refractivity contribution is 0.154. The van der Waals surface area contributed by atoms with Gasteiger partial charge < -0.3 is 5.73 Å². The predicted octanol–water partition coefficient (Wildman–Crippen LogP) is 3.37. The molecule has 0 saturated carbocycles. The van der Waals surface area contributed by atoms with Crippen molar-refractivity contribution in [2.45, 2.75) is 38.5 Å². The van der Waals surface area contributed by atoms with Crippen molar-refractivity contribution in [1.82, 2.24) is 4.31 Å². The number of benzene rings is 1. The van der Waals surface area contributed by atoms with Crippen LogP contribution in [0.15, 0.2) is 23.1 Å². The maximum atomic E-state index is 12.7. The highest BCUT2D eigenvalue weighted by Gasteiger charge is 2.35. The lowest BCUT2D eigenvalue weighted by atomic mass is 9.76. The number of rotatable bonds is 2. The maximum Gasteiger partial charge on any atom is 0.246 e. The molecule has 0 unspecified atom stereocenters. The molecule has 0 atom stereocenters. The molecule has 1 aromatic carbocycles. The molecule has 0 aliphatic carbocycles. The number of sulfonamides is 1. The Labute approximate surface area is 132 Å². The number of nitrogens with zero attached hydrogens (tertiary/aromatic N) is 1. The molecule has 1 aliphatic rings. The normalized spacial score (nSPS) is 18.9. The Morgan fingerprint density at radius 1 is 1.24 bits per heavy atom. The summed E-state index contributed by atoms with van der Waals surface area (Å²) in [6.07, 6.45) is 1.74. The van der Waals surface area contributed by atoms with Gasteiger partial charge in [0.05, 0.1) is 10.7 Å². The van der Waals surface area contributed by atoms with Gasteiger partial charge in [0.1, 0.15) is 4.90 Å². The van der Waals surface area contributed by atoms with Crippen molar-refractivity contribution in [1.29, 1.82) is 0 Å². The number of halogens is 1. The molecule has 2 N–H and O–H groups in total. The highest BCUT2D eigenvalue weighted by Crippen LogP contribution is 2.37. The molecule has 1 aromatic rings. The molecule has 6 heteroatoms. The Morgan fingerprint density at radius 3 is 2.29 bits per heavy atom. The van der Waals surface area contributed by atoms with E-state index in [2.05, 4.69) is 20.8 Å². The number of anilines is 1. The average molecular weight is 331 g/mol. The SMILES string of the molecule is CC(C)(C)C1CCN(S(=O)(=O)c2c(N)cccc2Cl)CC1. The van der Waals surface area contributed by atoms with E-state index in [1.807, 2.05) is 0 Å². The monoisotopic (exact) mass is 330 g/mol. The molecular weight excluding hydrogens is 308 g/mol. The van der Waals surface area contributed by atoms with Gasteiger partial charge in [-0.1, -0.05) is 38.4 Å². The standard InChI is InChI=1S/C15H23ClN2O2S/c1-15(2,3)11-7-9-18(10-8-11)21(19,20)14-12(16)5-4-6-13(14)17/h4-6,11H,7-10,17H2,1-3H3. The second-order valence-electron chi connectivity index (χ2n) is 6.70. The molecule has 1 saturated heterocycles. The van der Waals surface area contributed by atoms with Gasteiger partial charge in [-0.05, 0) is 36.3 Å². The maximum absolute atomic E-state index is 12.7. The highest BCUT2D eigenvalue weighted by atomic mass is 35.5. The van der Waals surface area contributed by atoms with Crippen LogP contribution >= 0.6 is 11.6 Å². The molecule has 0 aromatic heterocycles. The molecule has 1 heterocycles. The van der Waals surface area contributed by atoms with E-state index in [4.69, 9.17) is 17.3 Å². The van der Waals surface area contributed by atoms with Crippen molar-refractivity contribution in [2.75, 3.05) is 18.8 Å². The number of nitrogen functional groups attached to an aromatic ring is 1. The fourth-order valence-electron chi connectivity index (χ4n) is 2.89. The molecule has 0 amide bonds. The second-order valence-corrected chi connectivity index (χ2v) is 8.98. The first-order valence-electron chi connectivity index (χ1n) is 7.18. The first-order valence-corrected chi connectivity index (χ1v) is 9.00. The van der Waals surface area contributed by atoms with Gasteiger partial charge in [0, 0.05) is 13.1 Å². The fraction of sp³-hybridized carbons (Fsp3) is 0.600. The van der Waals surface area contributed by atoms with Gasteiger partial charge in [-0.15, -0.1) is 0 Å². The van der Waals surface area contributed by atoms with E-state index in [-0.39, 0.29) is 21.0 Å². The lowest BCUT2D eigenvalue weighted by Gasteiger charge is -2.38. The quantitative estimate of drug-likeness (QED) is 0.845. The zero-order valence-corrected chi connectivity index (χ0v) is 14.3. The van der Waals surface area contributed by atoms with Gasteiger partial charge in [0.25, 0.3) is 0 Å². The average Bonchev–Trinajstić information content (AvgIpc) is 2.37. The second kappa shape index (κ2) is 5.78. The topological polar surface area (TPSA) is 63.4 Å². The summed E-state index contributed by atoms with van der Waals surface area (Å²) in [6.45, 7) is 7.65. The Bertz CT molecular complexity index is 595. The van der Waals surface area contributed by atoms with Crippen LogP contribution in [0.5, 0.6) is 0 Å². The van der Waals surface area contributed by atoms with Gasteiger partial charge in [-0.2, -0.15) is 4.31 Å². The summed E-state index contributed by atoms with van der Waals surface area (Å²) in [4.78, 5) is 0.0425. The molecule has 21 heavy (non-hydrogen) atoms. The van der Waals surface area contributed by atoms with Gasteiger partial charge in [0.2, 0.25) is 10.0 Å². The van der Waals surface area contributed by atoms with Crippen LogP contribution in [0.2, 0.25) is 5.02 Å². The van der Waals surface area contributed by atoms with E-state index >= 15 is 0 Å². The first kappa shape index (κ1) is 16.6. The third kappa shape index (κ3) is 3.35. The van der Waals surface area contributed by atoms with Crippen LogP contribution in [0.25, 0.3) is 0 Å². The summed E-state index contributed by atoms with van der Waals surface area (Å²) in [5.41, 5.74) is 6.24. The largest absolute Gasteiger partial charge is 0.398 e.